The molecule has 0 saturated carbocycles. The zero-order valence-electron chi connectivity index (χ0n) is 11.7. The molecule has 0 fully saturated rings. The van der Waals surface area contributed by atoms with Crippen molar-refractivity contribution in [1.29, 1.82) is 0 Å². The molecular formula is C15H12ClN5O. The zero-order valence-corrected chi connectivity index (χ0v) is 12.4. The molecule has 0 spiro atoms. The Morgan fingerprint density at radius 1 is 1.27 bits per heavy atom. The van der Waals surface area contributed by atoms with E-state index in [4.69, 9.17) is 11.6 Å². The normalized spacial score (nSPS) is 10.5. The van der Waals surface area contributed by atoms with Crippen LogP contribution in [0.25, 0.3) is 11.4 Å². The number of anilines is 1. The van der Waals surface area contributed by atoms with Crippen molar-refractivity contribution < 1.29 is 4.79 Å². The first-order valence-electron chi connectivity index (χ1n) is 6.51. The van der Waals surface area contributed by atoms with Crippen LogP contribution in [0.3, 0.4) is 0 Å². The molecule has 110 valence electrons. The summed E-state index contributed by atoms with van der Waals surface area (Å²) in [6.07, 6.45) is 3.11. The number of halogens is 1. The summed E-state index contributed by atoms with van der Waals surface area (Å²) in [5, 5.41) is 11.1. The van der Waals surface area contributed by atoms with E-state index in [1.807, 2.05) is 25.2 Å². The van der Waals surface area contributed by atoms with Crippen molar-refractivity contribution in [1.82, 2.24) is 19.7 Å². The summed E-state index contributed by atoms with van der Waals surface area (Å²) in [6.45, 7) is 0. The van der Waals surface area contributed by atoms with Gasteiger partial charge in [0.15, 0.2) is 5.82 Å². The Balaban J connectivity index is 1.84. The van der Waals surface area contributed by atoms with Gasteiger partial charge in [-0.05, 0) is 24.3 Å². The number of carbonyl (C=O) groups is 1. The second-order valence-electron chi connectivity index (χ2n) is 4.66. The SMILES string of the molecule is Cn1cnnc1-c1cccc(NC(=O)c2cc(Cl)ccn2)c1. The third kappa shape index (κ3) is 2.96. The van der Waals surface area contributed by atoms with Gasteiger partial charge in [0.25, 0.3) is 5.91 Å². The lowest BCUT2D eigenvalue weighted by Gasteiger charge is -2.07. The van der Waals surface area contributed by atoms with E-state index in [1.165, 1.54) is 12.3 Å². The monoisotopic (exact) mass is 313 g/mol. The summed E-state index contributed by atoms with van der Waals surface area (Å²) in [4.78, 5) is 16.2. The van der Waals surface area contributed by atoms with Crippen molar-refractivity contribution in [3.05, 3.63) is 59.6 Å². The Hall–Kier alpha value is -2.73. The molecule has 7 heteroatoms. The van der Waals surface area contributed by atoms with Crippen LogP contribution in [-0.4, -0.2) is 25.7 Å². The highest BCUT2D eigenvalue weighted by Gasteiger charge is 2.10. The second kappa shape index (κ2) is 5.95. The lowest BCUT2D eigenvalue weighted by molar-refractivity contribution is 0.102. The smallest absolute Gasteiger partial charge is 0.274 e. The highest BCUT2D eigenvalue weighted by atomic mass is 35.5. The third-order valence-electron chi connectivity index (χ3n) is 3.04. The molecule has 0 radical (unpaired) electrons. The Bertz CT molecular complexity index is 830. The van der Waals surface area contributed by atoms with Crippen LogP contribution in [0.4, 0.5) is 5.69 Å². The maximum Gasteiger partial charge on any atom is 0.274 e. The van der Waals surface area contributed by atoms with Crippen LogP contribution in [0.2, 0.25) is 5.02 Å². The van der Waals surface area contributed by atoms with Gasteiger partial charge in [0.05, 0.1) is 0 Å². The molecule has 6 nitrogen and oxygen atoms in total. The lowest BCUT2D eigenvalue weighted by atomic mass is 10.2. The predicted molar refractivity (Wildman–Crippen MR) is 83.6 cm³/mol. The van der Waals surface area contributed by atoms with Crippen molar-refractivity contribution in [3.8, 4) is 11.4 Å². The molecule has 1 aromatic carbocycles. The van der Waals surface area contributed by atoms with Crippen molar-refractivity contribution in [3.63, 3.8) is 0 Å². The number of aromatic nitrogens is 4. The van der Waals surface area contributed by atoms with Crippen molar-refractivity contribution >= 4 is 23.2 Å². The molecule has 0 atom stereocenters. The van der Waals surface area contributed by atoms with Crippen LogP contribution in [0, 0.1) is 0 Å². The fourth-order valence-corrected chi connectivity index (χ4v) is 2.16. The molecule has 1 N–H and O–H groups in total. The first-order chi connectivity index (χ1) is 10.6. The Morgan fingerprint density at radius 3 is 2.86 bits per heavy atom. The molecule has 3 rings (SSSR count). The quantitative estimate of drug-likeness (QED) is 0.807. The number of pyridine rings is 1. The summed E-state index contributed by atoms with van der Waals surface area (Å²) in [5.74, 6) is 0.398. The molecule has 2 heterocycles. The minimum Gasteiger partial charge on any atom is -0.321 e. The molecule has 0 bridgehead atoms. The lowest BCUT2D eigenvalue weighted by Crippen LogP contribution is -2.13. The molecule has 0 aliphatic heterocycles. The standard InChI is InChI=1S/C15H12ClN5O/c1-21-9-18-20-14(21)10-3-2-4-12(7-10)19-15(22)13-8-11(16)5-6-17-13/h2-9H,1H3,(H,19,22). The Labute approximate surface area is 131 Å². The first-order valence-corrected chi connectivity index (χ1v) is 6.88. The van der Waals surface area contributed by atoms with E-state index in [2.05, 4.69) is 20.5 Å². The van der Waals surface area contributed by atoms with Gasteiger partial charge in [-0.3, -0.25) is 9.78 Å². The summed E-state index contributed by atoms with van der Waals surface area (Å²) in [7, 11) is 1.86. The van der Waals surface area contributed by atoms with Gasteiger partial charge in [0.1, 0.15) is 12.0 Å². The van der Waals surface area contributed by atoms with E-state index in [1.54, 1.807) is 23.0 Å². The largest absolute Gasteiger partial charge is 0.321 e. The first kappa shape index (κ1) is 14.2. The Kier molecular flexibility index (Phi) is 3.84. The molecule has 0 aliphatic carbocycles. The number of nitrogens with one attached hydrogen (secondary N) is 1. The fraction of sp³-hybridized carbons (Fsp3) is 0.0667. The predicted octanol–water partition coefficient (Wildman–Crippen LogP) is 2.78. The number of benzene rings is 1. The van der Waals surface area contributed by atoms with Crippen LogP contribution in [0.15, 0.2) is 48.9 Å². The molecule has 3 aromatic rings. The van der Waals surface area contributed by atoms with Gasteiger partial charge in [-0.2, -0.15) is 0 Å². The summed E-state index contributed by atoms with van der Waals surface area (Å²) >= 11 is 5.86. The van der Waals surface area contributed by atoms with E-state index in [0.717, 1.165) is 11.4 Å². The molecule has 0 aliphatic rings. The van der Waals surface area contributed by atoms with Crippen LogP contribution in [0.1, 0.15) is 10.5 Å². The van der Waals surface area contributed by atoms with Crippen molar-refractivity contribution in [2.45, 2.75) is 0 Å². The van der Waals surface area contributed by atoms with Crippen molar-refractivity contribution in [2.24, 2.45) is 7.05 Å². The summed E-state index contributed by atoms with van der Waals surface area (Å²) in [6, 6.07) is 10.5. The number of hydrogen-bond donors (Lipinski definition) is 1. The fourth-order valence-electron chi connectivity index (χ4n) is 2.00. The summed E-state index contributed by atoms with van der Waals surface area (Å²) in [5.41, 5.74) is 1.76. The maximum absolute atomic E-state index is 12.2. The van der Waals surface area contributed by atoms with Gasteiger partial charge in [0.2, 0.25) is 0 Å². The maximum atomic E-state index is 12.2. The molecule has 2 aromatic heterocycles. The van der Waals surface area contributed by atoms with E-state index in [0.29, 0.717) is 10.7 Å². The number of aryl methyl sites for hydroxylation is 1. The number of rotatable bonds is 3. The molecule has 22 heavy (non-hydrogen) atoms. The topological polar surface area (TPSA) is 72.7 Å². The van der Waals surface area contributed by atoms with Gasteiger partial charge in [0, 0.05) is 29.5 Å². The summed E-state index contributed by atoms with van der Waals surface area (Å²) < 4.78 is 1.81. The van der Waals surface area contributed by atoms with Crippen LogP contribution in [-0.2, 0) is 7.05 Å². The Morgan fingerprint density at radius 2 is 2.14 bits per heavy atom. The highest BCUT2D eigenvalue weighted by Crippen LogP contribution is 2.20. The molecule has 0 saturated heterocycles. The number of carbonyl (C=O) groups excluding carboxylic acids is 1. The van der Waals surface area contributed by atoms with E-state index in [9.17, 15) is 4.79 Å². The van der Waals surface area contributed by atoms with Crippen molar-refractivity contribution in [2.75, 3.05) is 5.32 Å². The van der Waals surface area contributed by atoms with E-state index >= 15 is 0 Å². The minimum atomic E-state index is -0.322. The van der Waals surface area contributed by atoms with Crippen LogP contribution in [0.5, 0.6) is 0 Å². The van der Waals surface area contributed by atoms with E-state index in [-0.39, 0.29) is 11.6 Å². The number of hydrogen-bond acceptors (Lipinski definition) is 4. The van der Waals surface area contributed by atoms with Gasteiger partial charge in [-0.25, -0.2) is 0 Å². The molecule has 0 unspecified atom stereocenters. The third-order valence-corrected chi connectivity index (χ3v) is 3.28. The molecular weight excluding hydrogens is 302 g/mol. The second-order valence-corrected chi connectivity index (χ2v) is 5.10. The molecule has 1 amide bonds. The van der Waals surface area contributed by atoms with Gasteiger partial charge < -0.3 is 9.88 Å². The minimum absolute atomic E-state index is 0.261. The van der Waals surface area contributed by atoms with Gasteiger partial charge in [-0.15, -0.1) is 10.2 Å². The number of nitrogens with zero attached hydrogens (tertiary/aromatic N) is 4. The van der Waals surface area contributed by atoms with Gasteiger partial charge in [-0.1, -0.05) is 23.7 Å². The average molecular weight is 314 g/mol. The van der Waals surface area contributed by atoms with Gasteiger partial charge >= 0.3 is 0 Å². The van der Waals surface area contributed by atoms with Crippen LogP contribution >= 0.6 is 11.6 Å². The zero-order chi connectivity index (χ0) is 15.5. The van der Waals surface area contributed by atoms with Crippen LogP contribution < -0.4 is 5.32 Å². The van der Waals surface area contributed by atoms with E-state index < -0.39 is 0 Å². The average Bonchev–Trinajstić information content (AvgIpc) is 2.94. The number of amides is 1. The highest BCUT2D eigenvalue weighted by molar-refractivity contribution is 6.30.